The molecule has 0 spiro atoms. The van der Waals surface area contributed by atoms with E-state index in [0.29, 0.717) is 41.4 Å². The zero-order valence-corrected chi connectivity index (χ0v) is 18.6. The maximum Gasteiger partial charge on any atom is 0.282 e. The lowest BCUT2D eigenvalue weighted by atomic mass is 10.0. The van der Waals surface area contributed by atoms with Crippen molar-refractivity contribution in [1.82, 2.24) is 4.90 Å². The molecule has 1 saturated heterocycles. The lowest BCUT2D eigenvalue weighted by Gasteiger charge is -2.37. The van der Waals surface area contributed by atoms with Crippen LogP contribution in [0.1, 0.15) is 30.5 Å². The van der Waals surface area contributed by atoms with E-state index in [1.54, 1.807) is 7.11 Å². The summed E-state index contributed by atoms with van der Waals surface area (Å²) in [4.78, 5) is 30.8. The number of aryl methyl sites for hydroxylation is 2. The molecule has 6 heteroatoms. The Hall–Kier alpha value is -3.12. The molecule has 0 bridgehead atoms. The summed E-state index contributed by atoms with van der Waals surface area (Å²) in [6.45, 7) is 8.95. The average molecular weight is 421 g/mol. The van der Waals surface area contributed by atoms with Gasteiger partial charge in [0.05, 0.1) is 30.6 Å². The molecule has 1 fully saturated rings. The van der Waals surface area contributed by atoms with Gasteiger partial charge in [-0.05, 0) is 62.6 Å². The third-order valence-electron chi connectivity index (χ3n) is 5.78. The monoisotopic (exact) mass is 420 g/mol. The van der Waals surface area contributed by atoms with Crippen LogP contribution in [0.5, 0.6) is 5.75 Å². The summed E-state index contributed by atoms with van der Waals surface area (Å²) in [6.07, 6.45) is -0.0722. The Morgan fingerprint density at radius 2 is 1.58 bits per heavy atom. The van der Waals surface area contributed by atoms with Crippen LogP contribution in [0.2, 0.25) is 0 Å². The van der Waals surface area contributed by atoms with Crippen molar-refractivity contribution < 1.29 is 19.1 Å². The summed E-state index contributed by atoms with van der Waals surface area (Å²) >= 11 is 0. The Labute approximate surface area is 183 Å². The minimum absolute atomic E-state index is 0.0361. The SMILES string of the molecule is COc1ccc(C2=C(N3CC(C)OC(C)C3)C(=O)N(c3cc(C)ccc3C)C2=O)cc1. The molecule has 31 heavy (non-hydrogen) atoms. The number of carbonyl (C=O) groups is 2. The van der Waals surface area contributed by atoms with Gasteiger partial charge < -0.3 is 14.4 Å². The summed E-state index contributed by atoms with van der Waals surface area (Å²) in [5, 5.41) is 0. The van der Waals surface area contributed by atoms with Crippen molar-refractivity contribution in [3.05, 3.63) is 64.9 Å². The first-order valence-electron chi connectivity index (χ1n) is 10.5. The number of amides is 2. The maximum atomic E-state index is 13.7. The Kier molecular flexibility index (Phi) is 5.58. The highest BCUT2D eigenvalue weighted by molar-refractivity contribution is 6.45. The lowest BCUT2D eigenvalue weighted by Crippen LogP contribution is -2.47. The third-order valence-corrected chi connectivity index (χ3v) is 5.78. The summed E-state index contributed by atoms with van der Waals surface area (Å²) in [5.74, 6) is 0.110. The lowest BCUT2D eigenvalue weighted by molar-refractivity contribution is -0.121. The number of hydrogen-bond acceptors (Lipinski definition) is 5. The average Bonchev–Trinajstić information content (AvgIpc) is 2.99. The molecular weight excluding hydrogens is 392 g/mol. The first kappa shape index (κ1) is 21.1. The van der Waals surface area contributed by atoms with E-state index in [1.807, 2.05) is 75.1 Å². The van der Waals surface area contributed by atoms with Crippen LogP contribution in [0.25, 0.3) is 5.57 Å². The third kappa shape index (κ3) is 3.83. The molecule has 2 aliphatic heterocycles. The van der Waals surface area contributed by atoms with Crippen molar-refractivity contribution in [2.24, 2.45) is 0 Å². The van der Waals surface area contributed by atoms with Gasteiger partial charge in [0.1, 0.15) is 11.4 Å². The van der Waals surface area contributed by atoms with E-state index in [4.69, 9.17) is 9.47 Å². The van der Waals surface area contributed by atoms with Crippen molar-refractivity contribution in [3.63, 3.8) is 0 Å². The van der Waals surface area contributed by atoms with Crippen molar-refractivity contribution >= 4 is 23.1 Å². The predicted molar refractivity (Wildman–Crippen MR) is 120 cm³/mol. The number of hydrogen-bond donors (Lipinski definition) is 0. The maximum absolute atomic E-state index is 13.7. The van der Waals surface area contributed by atoms with Gasteiger partial charge in [-0.3, -0.25) is 9.59 Å². The number of benzene rings is 2. The molecule has 0 aliphatic carbocycles. The number of rotatable bonds is 4. The van der Waals surface area contributed by atoms with E-state index >= 15 is 0 Å². The van der Waals surface area contributed by atoms with Crippen molar-refractivity contribution in [2.75, 3.05) is 25.1 Å². The Balaban J connectivity index is 1.85. The van der Waals surface area contributed by atoms with Gasteiger partial charge in [0.15, 0.2) is 0 Å². The molecular formula is C25H28N2O4. The van der Waals surface area contributed by atoms with Gasteiger partial charge in [-0.15, -0.1) is 0 Å². The largest absolute Gasteiger partial charge is 0.497 e. The molecule has 0 N–H and O–H groups in total. The molecule has 4 rings (SSSR count). The smallest absolute Gasteiger partial charge is 0.282 e. The van der Waals surface area contributed by atoms with E-state index in [9.17, 15) is 9.59 Å². The van der Waals surface area contributed by atoms with Crippen molar-refractivity contribution in [3.8, 4) is 5.75 Å². The minimum Gasteiger partial charge on any atom is -0.497 e. The van der Waals surface area contributed by atoms with Gasteiger partial charge in [0.2, 0.25) is 0 Å². The zero-order chi connectivity index (χ0) is 22.3. The fraction of sp³-hybridized carbons (Fsp3) is 0.360. The Morgan fingerprint density at radius 3 is 2.19 bits per heavy atom. The van der Waals surface area contributed by atoms with E-state index in [0.717, 1.165) is 11.1 Å². The van der Waals surface area contributed by atoms with Gasteiger partial charge in [-0.2, -0.15) is 0 Å². The predicted octanol–water partition coefficient (Wildman–Crippen LogP) is 3.71. The number of ether oxygens (including phenoxy) is 2. The molecule has 2 aromatic rings. The number of carbonyl (C=O) groups excluding carboxylic acids is 2. The molecule has 0 radical (unpaired) electrons. The Morgan fingerprint density at radius 1 is 0.935 bits per heavy atom. The molecule has 2 aliphatic rings. The number of methoxy groups -OCH3 is 1. The number of morpholine rings is 1. The van der Waals surface area contributed by atoms with Crippen molar-refractivity contribution in [1.29, 1.82) is 0 Å². The summed E-state index contributed by atoms with van der Waals surface area (Å²) in [5.41, 5.74) is 4.08. The van der Waals surface area contributed by atoms with Crippen LogP contribution in [-0.2, 0) is 14.3 Å². The molecule has 2 heterocycles. The second-order valence-electron chi connectivity index (χ2n) is 8.35. The normalized spacial score (nSPS) is 21.8. The van der Waals surface area contributed by atoms with Crippen LogP contribution in [-0.4, -0.2) is 49.1 Å². The highest BCUT2D eigenvalue weighted by Gasteiger charge is 2.44. The summed E-state index contributed by atoms with van der Waals surface area (Å²) in [6, 6.07) is 13.1. The van der Waals surface area contributed by atoms with Gasteiger partial charge in [-0.1, -0.05) is 24.3 Å². The fourth-order valence-electron chi connectivity index (χ4n) is 4.37. The van der Waals surface area contributed by atoms with Gasteiger partial charge >= 0.3 is 0 Å². The van der Waals surface area contributed by atoms with Crippen LogP contribution in [0.15, 0.2) is 48.2 Å². The first-order valence-corrected chi connectivity index (χ1v) is 10.5. The fourth-order valence-corrected chi connectivity index (χ4v) is 4.37. The second kappa shape index (κ2) is 8.19. The second-order valence-corrected chi connectivity index (χ2v) is 8.35. The number of imide groups is 1. The zero-order valence-electron chi connectivity index (χ0n) is 18.6. The number of nitrogens with zero attached hydrogens (tertiary/aromatic N) is 2. The summed E-state index contributed by atoms with van der Waals surface area (Å²) in [7, 11) is 1.60. The molecule has 0 saturated carbocycles. The van der Waals surface area contributed by atoms with Gasteiger partial charge in [0.25, 0.3) is 11.8 Å². The molecule has 0 aromatic heterocycles. The Bertz CT molecular complexity index is 1050. The van der Waals surface area contributed by atoms with E-state index in [2.05, 4.69) is 0 Å². The molecule has 2 unspecified atom stereocenters. The van der Waals surface area contributed by atoms with Crippen LogP contribution in [0.4, 0.5) is 5.69 Å². The quantitative estimate of drug-likeness (QED) is 0.706. The van der Waals surface area contributed by atoms with E-state index < -0.39 is 0 Å². The highest BCUT2D eigenvalue weighted by Crippen LogP contribution is 2.37. The van der Waals surface area contributed by atoms with Crippen LogP contribution in [0.3, 0.4) is 0 Å². The molecule has 2 aromatic carbocycles. The van der Waals surface area contributed by atoms with Gasteiger partial charge in [0, 0.05) is 13.1 Å². The topological polar surface area (TPSA) is 59.1 Å². The van der Waals surface area contributed by atoms with E-state index in [1.165, 1.54) is 4.90 Å². The highest BCUT2D eigenvalue weighted by atomic mass is 16.5. The summed E-state index contributed by atoms with van der Waals surface area (Å²) < 4.78 is 11.1. The minimum atomic E-state index is -0.300. The molecule has 2 atom stereocenters. The van der Waals surface area contributed by atoms with Crippen LogP contribution >= 0.6 is 0 Å². The van der Waals surface area contributed by atoms with Crippen LogP contribution < -0.4 is 9.64 Å². The molecule has 162 valence electrons. The standard InChI is InChI=1S/C25H28N2O4/c1-15-6-7-16(2)21(12-15)27-24(28)22(19-8-10-20(30-5)11-9-19)23(25(27)29)26-13-17(3)31-18(4)14-26/h6-12,17-18H,13-14H2,1-5H3. The van der Waals surface area contributed by atoms with E-state index in [-0.39, 0.29) is 24.0 Å². The van der Waals surface area contributed by atoms with Crippen molar-refractivity contribution in [2.45, 2.75) is 39.9 Å². The molecule has 2 amide bonds. The first-order chi connectivity index (χ1) is 14.8. The van der Waals surface area contributed by atoms with Gasteiger partial charge in [-0.25, -0.2) is 4.90 Å². The number of anilines is 1. The van der Waals surface area contributed by atoms with Crippen LogP contribution in [0, 0.1) is 13.8 Å². The molecule has 6 nitrogen and oxygen atoms in total.